The molecule has 118 valence electrons. The lowest BCUT2D eigenvalue weighted by Crippen LogP contribution is -2.38. The van der Waals surface area contributed by atoms with Crippen molar-refractivity contribution in [3.63, 3.8) is 0 Å². The number of benzene rings is 1. The SMILES string of the molecule is COc1cc(C(=O)NC2CCC(O)CC2)cc2oc(Br)cc12. The minimum Gasteiger partial charge on any atom is -0.496 e. The third-order valence-electron chi connectivity index (χ3n) is 4.08. The second-order valence-corrected chi connectivity index (χ2v) is 6.40. The van der Waals surface area contributed by atoms with Crippen molar-refractivity contribution in [1.29, 1.82) is 0 Å². The van der Waals surface area contributed by atoms with E-state index in [1.54, 1.807) is 19.2 Å². The highest BCUT2D eigenvalue weighted by Crippen LogP contribution is 2.32. The van der Waals surface area contributed by atoms with Crippen LogP contribution in [0.4, 0.5) is 0 Å². The summed E-state index contributed by atoms with van der Waals surface area (Å²) in [6.07, 6.45) is 2.85. The summed E-state index contributed by atoms with van der Waals surface area (Å²) in [6, 6.07) is 5.37. The Kier molecular flexibility index (Phi) is 4.40. The van der Waals surface area contributed by atoms with Gasteiger partial charge in [-0.3, -0.25) is 4.79 Å². The van der Waals surface area contributed by atoms with Crippen LogP contribution in [0.3, 0.4) is 0 Å². The number of aliphatic hydroxyl groups is 1. The van der Waals surface area contributed by atoms with Gasteiger partial charge < -0.3 is 19.6 Å². The largest absolute Gasteiger partial charge is 0.496 e. The zero-order chi connectivity index (χ0) is 15.7. The van der Waals surface area contributed by atoms with Crippen LogP contribution in [0, 0.1) is 0 Å². The minimum absolute atomic E-state index is 0.112. The van der Waals surface area contributed by atoms with Crippen LogP contribution >= 0.6 is 15.9 Å². The molecule has 1 aliphatic carbocycles. The van der Waals surface area contributed by atoms with Crippen molar-refractivity contribution in [2.45, 2.75) is 37.8 Å². The van der Waals surface area contributed by atoms with Gasteiger partial charge in [-0.05, 0) is 53.7 Å². The van der Waals surface area contributed by atoms with Gasteiger partial charge in [0.2, 0.25) is 0 Å². The topological polar surface area (TPSA) is 71.7 Å². The Balaban J connectivity index is 1.81. The molecule has 2 aromatic rings. The van der Waals surface area contributed by atoms with Gasteiger partial charge in [0.05, 0.1) is 18.6 Å². The lowest BCUT2D eigenvalue weighted by atomic mass is 9.93. The average molecular weight is 368 g/mol. The second kappa shape index (κ2) is 6.30. The van der Waals surface area contributed by atoms with Crippen LogP contribution in [0.1, 0.15) is 36.0 Å². The molecule has 0 aliphatic heterocycles. The number of amides is 1. The summed E-state index contributed by atoms with van der Waals surface area (Å²) in [5.74, 6) is 0.463. The smallest absolute Gasteiger partial charge is 0.251 e. The standard InChI is InChI=1S/C16H18BrNO4/c1-21-13-6-9(7-14-12(13)8-15(17)22-14)16(20)18-10-2-4-11(19)5-3-10/h6-8,10-11,19H,2-5H2,1H3,(H,18,20). The molecule has 5 nitrogen and oxygen atoms in total. The summed E-state index contributed by atoms with van der Waals surface area (Å²) in [5.41, 5.74) is 1.12. The number of aliphatic hydroxyl groups excluding tert-OH is 1. The van der Waals surface area contributed by atoms with Gasteiger partial charge >= 0.3 is 0 Å². The molecule has 0 unspecified atom stereocenters. The lowest BCUT2D eigenvalue weighted by Gasteiger charge is -2.26. The lowest BCUT2D eigenvalue weighted by molar-refractivity contribution is 0.0867. The summed E-state index contributed by atoms with van der Waals surface area (Å²) in [4.78, 5) is 12.4. The van der Waals surface area contributed by atoms with Gasteiger partial charge in [-0.1, -0.05) is 0 Å². The highest BCUT2D eigenvalue weighted by atomic mass is 79.9. The molecule has 0 saturated heterocycles. The van der Waals surface area contributed by atoms with Crippen molar-refractivity contribution in [3.05, 3.63) is 28.4 Å². The van der Waals surface area contributed by atoms with Gasteiger partial charge in [-0.15, -0.1) is 0 Å². The van der Waals surface area contributed by atoms with E-state index in [2.05, 4.69) is 21.2 Å². The Morgan fingerprint density at radius 2 is 2.05 bits per heavy atom. The Morgan fingerprint density at radius 1 is 1.32 bits per heavy atom. The van der Waals surface area contributed by atoms with Crippen molar-refractivity contribution in [2.75, 3.05) is 7.11 Å². The molecule has 0 radical (unpaired) electrons. The summed E-state index contributed by atoms with van der Waals surface area (Å²) in [6.45, 7) is 0. The summed E-state index contributed by atoms with van der Waals surface area (Å²) in [7, 11) is 1.57. The van der Waals surface area contributed by atoms with E-state index in [1.165, 1.54) is 0 Å². The van der Waals surface area contributed by atoms with E-state index < -0.39 is 0 Å². The average Bonchev–Trinajstić information content (AvgIpc) is 2.88. The number of methoxy groups -OCH3 is 1. The molecular formula is C16H18BrNO4. The van der Waals surface area contributed by atoms with Crippen LogP contribution in [-0.2, 0) is 0 Å². The maximum Gasteiger partial charge on any atom is 0.251 e. The fraction of sp³-hybridized carbons (Fsp3) is 0.438. The van der Waals surface area contributed by atoms with E-state index in [-0.39, 0.29) is 18.1 Å². The number of fused-ring (bicyclic) bond motifs is 1. The number of halogens is 1. The second-order valence-electron chi connectivity index (χ2n) is 5.62. The maximum absolute atomic E-state index is 12.4. The molecule has 1 aromatic carbocycles. The zero-order valence-corrected chi connectivity index (χ0v) is 13.9. The summed E-state index contributed by atoms with van der Waals surface area (Å²) < 4.78 is 11.5. The monoisotopic (exact) mass is 367 g/mol. The summed E-state index contributed by atoms with van der Waals surface area (Å²) in [5, 5.41) is 13.4. The van der Waals surface area contributed by atoms with Crippen LogP contribution in [0.5, 0.6) is 5.75 Å². The fourth-order valence-electron chi connectivity index (χ4n) is 2.86. The molecule has 1 fully saturated rings. The van der Waals surface area contributed by atoms with Gasteiger partial charge in [-0.2, -0.15) is 0 Å². The maximum atomic E-state index is 12.4. The first-order chi connectivity index (χ1) is 10.6. The first kappa shape index (κ1) is 15.4. The molecule has 1 heterocycles. The third kappa shape index (κ3) is 3.13. The van der Waals surface area contributed by atoms with Gasteiger partial charge in [0.1, 0.15) is 11.3 Å². The first-order valence-electron chi connectivity index (χ1n) is 7.33. The van der Waals surface area contributed by atoms with Crippen molar-refractivity contribution >= 4 is 32.8 Å². The molecular weight excluding hydrogens is 350 g/mol. The number of carbonyl (C=O) groups is 1. The Bertz CT molecular complexity index is 689. The van der Waals surface area contributed by atoms with Crippen molar-refractivity contribution in [1.82, 2.24) is 5.32 Å². The van der Waals surface area contributed by atoms with Crippen molar-refractivity contribution in [3.8, 4) is 5.75 Å². The van der Waals surface area contributed by atoms with E-state index in [1.807, 2.05) is 6.07 Å². The van der Waals surface area contributed by atoms with Gasteiger partial charge in [-0.25, -0.2) is 0 Å². The molecule has 0 spiro atoms. The third-order valence-corrected chi connectivity index (χ3v) is 4.47. The highest BCUT2D eigenvalue weighted by Gasteiger charge is 2.22. The zero-order valence-electron chi connectivity index (χ0n) is 12.3. The predicted molar refractivity (Wildman–Crippen MR) is 86.2 cm³/mol. The van der Waals surface area contributed by atoms with Crippen LogP contribution in [0.2, 0.25) is 0 Å². The predicted octanol–water partition coefficient (Wildman–Crippen LogP) is 3.24. The van der Waals surface area contributed by atoms with Gasteiger partial charge in [0.15, 0.2) is 4.67 Å². The number of nitrogens with one attached hydrogen (secondary N) is 1. The van der Waals surface area contributed by atoms with E-state index in [0.717, 1.165) is 31.1 Å². The van der Waals surface area contributed by atoms with Gasteiger partial charge in [0.25, 0.3) is 5.91 Å². The number of ether oxygens (including phenoxy) is 1. The Morgan fingerprint density at radius 3 is 2.73 bits per heavy atom. The van der Waals surface area contributed by atoms with Crippen LogP contribution in [-0.4, -0.2) is 30.3 Å². The fourth-order valence-corrected chi connectivity index (χ4v) is 3.27. The number of rotatable bonds is 3. The van der Waals surface area contributed by atoms with Crippen molar-refractivity contribution < 1.29 is 19.1 Å². The van der Waals surface area contributed by atoms with Crippen LogP contribution < -0.4 is 10.1 Å². The number of furan rings is 1. The van der Waals surface area contributed by atoms with E-state index in [4.69, 9.17) is 9.15 Å². The van der Waals surface area contributed by atoms with E-state index >= 15 is 0 Å². The molecule has 1 amide bonds. The molecule has 3 rings (SSSR count). The molecule has 6 heteroatoms. The molecule has 0 bridgehead atoms. The molecule has 22 heavy (non-hydrogen) atoms. The normalized spacial score (nSPS) is 21.8. The molecule has 0 atom stereocenters. The van der Waals surface area contributed by atoms with E-state index in [9.17, 15) is 9.90 Å². The van der Waals surface area contributed by atoms with Crippen LogP contribution in [0.25, 0.3) is 11.0 Å². The van der Waals surface area contributed by atoms with Crippen molar-refractivity contribution in [2.24, 2.45) is 0 Å². The highest BCUT2D eigenvalue weighted by molar-refractivity contribution is 9.10. The quantitative estimate of drug-likeness (QED) is 0.873. The molecule has 1 aromatic heterocycles. The molecule has 1 saturated carbocycles. The van der Waals surface area contributed by atoms with Crippen LogP contribution in [0.15, 0.2) is 27.3 Å². The molecule has 2 N–H and O–H groups in total. The molecule has 1 aliphatic rings. The Labute approximate surface area is 136 Å². The van der Waals surface area contributed by atoms with Gasteiger partial charge in [0, 0.05) is 17.7 Å². The number of carbonyl (C=O) groups excluding carboxylic acids is 1. The van der Waals surface area contributed by atoms with E-state index in [0.29, 0.717) is 21.6 Å². The minimum atomic E-state index is -0.231. The number of hydrogen-bond acceptors (Lipinski definition) is 4. The number of hydrogen-bond donors (Lipinski definition) is 2. The Hall–Kier alpha value is -1.53. The first-order valence-corrected chi connectivity index (χ1v) is 8.12. The summed E-state index contributed by atoms with van der Waals surface area (Å²) >= 11 is 3.29.